The lowest BCUT2D eigenvalue weighted by molar-refractivity contribution is -0.119. The SMILES string of the molecule is Cc1ccc(-n2c(Cc3ccccc3)nnc2SC(C)C(=O)NC(=O)NCC(C)C)c(C)c1. The molecule has 0 aliphatic heterocycles. The van der Waals surface area contributed by atoms with E-state index in [0.29, 0.717) is 24.0 Å². The number of nitrogens with zero attached hydrogens (tertiary/aromatic N) is 3. The summed E-state index contributed by atoms with van der Waals surface area (Å²) in [4.78, 5) is 24.6. The van der Waals surface area contributed by atoms with Crippen molar-refractivity contribution >= 4 is 23.7 Å². The molecule has 0 aliphatic rings. The minimum absolute atomic E-state index is 0.303. The van der Waals surface area contributed by atoms with Crippen LogP contribution in [0.25, 0.3) is 5.69 Å². The maximum absolute atomic E-state index is 12.6. The van der Waals surface area contributed by atoms with Crippen molar-refractivity contribution in [2.24, 2.45) is 5.92 Å². The number of benzene rings is 2. The first-order valence-electron chi connectivity index (χ1n) is 11.1. The van der Waals surface area contributed by atoms with E-state index in [1.165, 1.54) is 17.3 Å². The van der Waals surface area contributed by atoms with Gasteiger partial charge in [-0.3, -0.25) is 14.7 Å². The van der Waals surface area contributed by atoms with Gasteiger partial charge in [0, 0.05) is 13.0 Å². The van der Waals surface area contributed by atoms with Crippen LogP contribution in [-0.4, -0.2) is 38.5 Å². The second-order valence-corrected chi connectivity index (χ2v) is 9.85. The standard InChI is InChI=1S/C25H31N5O2S/c1-16(2)15-26-24(32)27-23(31)19(5)33-25-29-28-22(14-20-9-7-6-8-10-20)30(25)21-12-11-17(3)13-18(21)4/h6-13,16,19H,14-15H2,1-5H3,(H2,26,27,31,32). The lowest BCUT2D eigenvalue weighted by atomic mass is 10.1. The lowest BCUT2D eigenvalue weighted by Crippen LogP contribution is -2.43. The number of nitrogens with one attached hydrogen (secondary N) is 2. The maximum atomic E-state index is 12.6. The maximum Gasteiger partial charge on any atom is 0.321 e. The highest BCUT2D eigenvalue weighted by atomic mass is 32.2. The summed E-state index contributed by atoms with van der Waals surface area (Å²) in [5.41, 5.74) is 4.36. The molecule has 2 aromatic carbocycles. The van der Waals surface area contributed by atoms with Crippen LogP contribution in [0.4, 0.5) is 4.79 Å². The highest BCUT2D eigenvalue weighted by molar-refractivity contribution is 8.00. The number of aryl methyl sites for hydroxylation is 2. The van der Waals surface area contributed by atoms with Crippen LogP contribution in [0, 0.1) is 19.8 Å². The van der Waals surface area contributed by atoms with E-state index >= 15 is 0 Å². The van der Waals surface area contributed by atoms with Crippen molar-refractivity contribution in [2.45, 2.75) is 51.4 Å². The van der Waals surface area contributed by atoms with E-state index in [4.69, 9.17) is 0 Å². The Balaban J connectivity index is 1.85. The van der Waals surface area contributed by atoms with Crippen LogP contribution in [0.2, 0.25) is 0 Å². The summed E-state index contributed by atoms with van der Waals surface area (Å²) in [5.74, 6) is 0.718. The summed E-state index contributed by atoms with van der Waals surface area (Å²) in [6.45, 7) is 10.4. The zero-order chi connectivity index (χ0) is 24.0. The van der Waals surface area contributed by atoms with Gasteiger partial charge >= 0.3 is 6.03 Å². The number of urea groups is 1. The van der Waals surface area contributed by atoms with Crippen LogP contribution in [0.1, 0.15) is 43.3 Å². The van der Waals surface area contributed by atoms with Crippen LogP contribution < -0.4 is 10.6 Å². The number of carbonyl (C=O) groups excluding carboxylic acids is 2. The third-order valence-electron chi connectivity index (χ3n) is 5.06. The number of aromatic nitrogens is 3. The molecular weight excluding hydrogens is 434 g/mol. The van der Waals surface area contributed by atoms with Crippen LogP contribution in [0.5, 0.6) is 0 Å². The topological polar surface area (TPSA) is 88.9 Å². The Labute approximate surface area is 199 Å². The van der Waals surface area contributed by atoms with Gasteiger partial charge in [0.05, 0.1) is 10.9 Å². The van der Waals surface area contributed by atoms with Gasteiger partial charge < -0.3 is 5.32 Å². The first kappa shape index (κ1) is 24.5. The predicted octanol–water partition coefficient (Wildman–Crippen LogP) is 4.44. The van der Waals surface area contributed by atoms with Gasteiger partial charge in [0.25, 0.3) is 0 Å². The van der Waals surface area contributed by atoms with Gasteiger partial charge in [-0.25, -0.2) is 4.79 Å². The average Bonchev–Trinajstić information content (AvgIpc) is 3.14. The van der Waals surface area contributed by atoms with Gasteiger partial charge in [0.2, 0.25) is 5.91 Å². The van der Waals surface area contributed by atoms with Gasteiger partial charge in [-0.1, -0.05) is 73.6 Å². The summed E-state index contributed by atoms with van der Waals surface area (Å²) in [6.07, 6.45) is 0.611. The Bertz CT molecular complexity index is 1110. The molecule has 1 atom stereocenters. The monoisotopic (exact) mass is 465 g/mol. The molecule has 0 saturated carbocycles. The van der Waals surface area contributed by atoms with E-state index in [-0.39, 0.29) is 5.91 Å². The second-order valence-electron chi connectivity index (χ2n) is 8.54. The molecule has 1 aromatic heterocycles. The van der Waals surface area contributed by atoms with Crippen molar-refractivity contribution in [3.8, 4) is 5.69 Å². The zero-order valence-electron chi connectivity index (χ0n) is 19.8. The van der Waals surface area contributed by atoms with E-state index < -0.39 is 11.3 Å². The molecular formula is C25H31N5O2S. The van der Waals surface area contributed by atoms with Crippen molar-refractivity contribution in [3.05, 3.63) is 71.0 Å². The van der Waals surface area contributed by atoms with E-state index in [0.717, 1.165) is 22.6 Å². The van der Waals surface area contributed by atoms with Gasteiger partial charge in [0.1, 0.15) is 5.82 Å². The van der Waals surface area contributed by atoms with Gasteiger partial charge in [0.15, 0.2) is 5.16 Å². The fourth-order valence-electron chi connectivity index (χ4n) is 3.33. The molecule has 0 radical (unpaired) electrons. The molecule has 3 rings (SSSR count). The first-order valence-corrected chi connectivity index (χ1v) is 11.9. The molecule has 0 aliphatic carbocycles. The molecule has 0 saturated heterocycles. The molecule has 3 aromatic rings. The molecule has 1 heterocycles. The van der Waals surface area contributed by atoms with Crippen molar-refractivity contribution in [3.63, 3.8) is 0 Å². The van der Waals surface area contributed by atoms with Gasteiger partial charge in [-0.15, -0.1) is 10.2 Å². The fraction of sp³-hybridized carbons (Fsp3) is 0.360. The summed E-state index contributed by atoms with van der Waals surface area (Å²) in [5, 5.41) is 14.1. The minimum atomic E-state index is -0.534. The number of rotatable bonds is 8. The van der Waals surface area contributed by atoms with Crippen LogP contribution >= 0.6 is 11.8 Å². The molecule has 0 spiro atoms. The molecule has 174 valence electrons. The second kappa shape index (κ2) is 11.1. The highest BCUT2D eigenvalue weighted by Gasteiger charge is 2.23. The smallest absolute Gasteiger partial charge is 0.321 e. The molecule has 7 nitrogen and oxygen atoms in total. The largest absolute Gasteiger partial charge is 0.338 e. The highest BCUT2D eigenvalue weighted by Crippen LogP contribution is 2.28. The number of hydrogen-bond acceptors (Lipinski definition) is 5. The molecule has 0 fully saturated rings. The number of amides is 3. The van der Waals surface area contributed by atoms with Crippen molar-refractivity contribution in [1.82, 2.24) is 25.4 Å². The van der Waals surface area contributed by atoms with Gasteiger partial charge in [-0.2, -0.15) is 0 Å². The molecule has 1 unspecified atom stereocenters. The quantitative estimate of drug-likeness (QED) is 0.480. The number of thioether (sulfide) groups is 1. The third kappa shape index (κ3) is 6.68. The normalized spacial score (nSPS) is 11.9. The summed E-state index contributed by atoms with van der Waals surface area (Å²) < 4.78 is 2.01. The van der Waals surface area contributed by atoms with Crippen molar-refractivity contribution < 1.29 is 9.59 Å². The Kier molecular flexibility index (Phi) is 8.27. The number of imide groups is 1. The zero-order valence-corrected chi connectivity index (χ0v) is 20.6. The summed E-state index contributed by atoms with van der Waals surface area (Å²) in [7, 11) is 0. The summed E-state index contributed by atoms with van der Waals surface area (Å²) >= 11 is 1.28. The number of hydrogen-bond donors (Lipinski definition) is 2. The average molecular weight is 466 g/mol. The van der Waals surface area contributed by atoms with E-state index in [1.54, 1.807) is 6.92 Å². The Morgan fingerprint density at radius 3 is 2.42 bits per heavy atom. The Morgan fingerprint density at radius 1 is 1.03 bits per heavy atom. The van der Waals surface area contributed by atoms with E-state index in [9.17, 15) is 9.59 Å². The van der Waals surface area contributed by atoms with Gasteiger partial charge in [-0.05, 0) is 43.9 Å². The molecule has 3 amide bonds. The van der Waals surface area contributed by atoms with Crippen molar-refractivity contribution in [2.75, 3.05) is 6.54 Å². The molecule has 2 N–H and O–H groups in total. The molecule has 0 bridgehead atoms. The van der Waals surface area contributed by atoms with E-state index in [2.05, 4.69) is 65.0 Å². The molecule has 8 heteroatoms. The summed E-state index contributed by atoms with van der Waals surface area (Å²) in [6, 6.07) is 15.8. The Hall–Kier alpha value is -3.13. The predicted molar refractivity (Wildman–Crippen MR) is 132 cm³/mol. The van der Waals surface area contributed by atoms with Crippen LogP contribution in [0.3, 0.4) is 0 Å². The minimum Gasteiger partial charge on any atom is -0.338 e. The molecule has 33 heavy (non-hydrogen) atoms. The lowest BCUT2D eigenvalue weighted by Gasteiger charge is -2.16. The van der Waals surface area contributed by atoms with E-state index in [1.807, 2.05) is 36.6 Å². The Morgan fingerprint density at radius 2 is 1.76 bits per heavy atom. The van der Waals surface area contributed by atoms with Crippen molar-refractivity contribution in [1.29, 1.82) is 0 Å². The fourth-order valence-corrected chi connectivity index (χ4v) is 4.21. The first-order chi connectivity index (χ1) is 15.7. The van der Waals surface area contributed by atoms with Crippen LogP contribution in [-0.2, 0) is 11.2 Å². The van der Waals surface area contributed by atoms with Crippen LogP contribution in [0.15, 0.2) is 53.7 Å². The number of carbonyl (C=O) groups is 2. The third-order valence-corrected chi connectivity index (χ3v) is 6.10.